The van der Waals surface area contributed by atoms with Crippen LogP contribution in [0.1, 0.15) is 31.5 Å². The fourth-order valence-electron chi connectivity index (χ4n) is 1.34. The van der Waals surface area contributed by atoms with E-state index >= 15 is 0 Å². The van der Waals surface area contributed by atoms with E-state index in [4.69, 9.17) is 10.8 Å². The van der Waals surface area contributed by atoms with E-state index < -0.39 is 5.60 Å². The molecule has 2 rings (SSSR count). The van der Waals surface area contributed by atoms with E-state index in [2.05, 4.69) is 20.3 Å². The topological polar surface area (TPSA) is 117 Å². The average Bonchev–Trinajstić information content (AvgIpc) is 3.10. The van der Waals surface area contributed by atoms with Crippen molar-refractivity contribution >= 4 is 11.9 Å². The van der Waals surface area contributed by atoms with E-state index in [0.29, 0.717) is 17.7 Å². The largest absolute Gasteiger partial charge is 0.393 e. The molecule has 5 N–H and O–H groups in total. The molecule has 1 fully saturated rings. The molecule has 1 saturated carbocycles. The molecule has 1 heterocycles. The highest BCUT2D eigenvalue weighted by molar-refractivity contribution is 5.32. The highest BCUT2D eigenvalue weighted by Gasteiger charge is 2.28. The second-order valence-corrected chi connectivity index (χ2v) is 4.66. The van der Waals surface area contributed by atoms with E-state index in [1.807, 2.05) is 0 Å². The molecule has 94 valence electrons. The normalized spacial score (nSPS) is 18.8. The second kappa shape index (κ2) is 4.42. The lowest BCUT2D eigenvalue weighted by Gasteiger charge is -2.20. The second-order valence-electron chi connectivity index (χ2n) is 4.66. The zero-order valence-electron chi connectivity index (χ0n) is 9.72. The van der Waals surface area contributed by atoms with Crippen LogP contribution in [-0.4, -0.2) is 43.9 Å². The van der Waals surface area contributed by atoms with Crippen molar-refractivity contribution in [2.75, 3.05) is 24.2 Å². The van der Waals surface area contributed by atoms with Crippen molar-refractivity contribution in [3.63, 3.8) is 0 Å². The minimum Gasteiger partial charge on any atom is -0.393 e. The number of hydrogen-bond donors (Lipinski definition) is 4. The lowest BCUT2D eigenvalue weighted by Crippen LogP contribution is -2.37. The summed E-state index contributed by atoms with van der Waals surface area (Å²) in [4.78, 5) is 12.2. The molecule has 1 atom stereocenters. The average molecular weight is 239 g/mol. The monoisotopic (exact) mass is 239 g/mol. The lowest BCUT2D eigenvalue weighted by molar-refractivity contribution is 0.0131. The van der Waals surface area contributed by atoms with Gasteiger partial charge in [0.2, 0.25) is 11.9 Å². The summed E-state index contributed by atoms with van der Waals surface area (Å²) in [6, 6.07) is 0. The SMILES string of the molecule is CC(O)(CO)CNc1nc(N)nc(C2CC2)n1. The maximum absolute atomic E-state index is 9.63. The first-order valence-corrected chi connectivity index (χ1v) is 5.59. The van der Waals surface area contributed by atoms with Crippen molar-refractivity contribution < 1.29 is 10.2 Å². The Kier molecular flexibility index (Phi) is 3.12. The molecule has 7 heteroatoms. The van der Waals surface area contributed by atoms with Crippen molar-refractivity contribution in [2.45, 2.75) is 31.3 Å². The molecule has 1 aromatic heterocycles. The van der Waals surface area contributed by atoms with Crippen molar-refractivity contribution in [2.24, 2.45) is 0 Å². The van der Waals surface area contributed by atoms with Gasteiger partial charge < -0.3 is 21.3 Å². The lowest BCUT2D eigenvalue weighted by atomic mass is 10.1. The van der Waals surface area contributed by atoms with Gasteiger partial charge in [-0.2, -0.15) is 15.0 Å². The molecule has 0 amide bonds. The standard InChI is InChI=1S/C10H17N5O2/c1-10(17,5-16)4-12-9-14-7(6-2-3-6)13-8(11)15-9/h6,16-17H,2-5H2,1H3,(H3,11,12,13,14,15). The number of aromatic nitrogens is 3. The zero-order chi connectivity index (χ0) is 12.5. The maximum Gasteiger partial charge on any atom is 0.227 e. The minimum atomic E-state index is -1.21. The summed E-state index contributed by atoms with van der Waals surface area (Å²) in [5.74, 6) is 1.60. The Bertz CT molecular complexity index is 406. The van der Waals surface area contributed by atoms with Crippen LogP contribution in [0.4, 0.5) is 11.9 Å². The van der Waals surface area contributed by atoms with Crippen LogP contribution in [-0.2, 0) is 0 Å². The number of nitrogen functional groups attached to an aromatic ring is 1. The molecule has 1 aromatic rings. The van der Waals surface area contributed by atoms with Gasteiger partial charge in [0.25, 0.3) is 0 Å². The zero-order valence-corrected chi connectivity index (χ0v) is 9.72. The van der Waals surface area contributed by atoms with Crippen molar-refractivity contribution in [1.82, 2.24) is 15.0 Å². The fourth-order valence-corrected chi connectivity index (χ4v) is 1.34. The summed E-state index contributed by atoms with van der Waals surface area (Å²) in [5, 5.41) is 21.4. The number of aliphatic hydroxyl groups excluding tert-OH is 1. The van der Waals surface area contributed by atoms with Crippen LogP contribution >= 0.6 is 0 Å². The van der Waals surface area contributed by atoms with Gasteiger partial charge in [-0.25, -0.2) is 0 Å². The third-order valence-corrected chi connectivity index (χ3v) is 2.58. The number of rotatable bonds is 5. The number of anilines is 2. The Morgan fingerprint density at radius 3 is 2.71 bits per heavy atom. The molecule has 0 bridgehead atoms. The van der Waals surface area contributed by atoms with E-state index in [9.17, 15) is 5.11 Å². The predicted octanol–water partition coefficient (Wildman–Crippen LogP) is -0.514. The summed E-state index contributed by atoms with van der Waals surface area (Å²) < 4.78 is 0. The van der Waals surface area contributed by atoms with Crippen LogP contribution in [0.25, 0.3) is 0 Å². The van der Waals surface area contributed by atoms with Crippen LogP contribution in [0, 0.1) is 0 Å². The van der Waals surface area contributed by atoms with Gasteiger partial charge in [-0.1, -0.05) is 0 Å². The van der Waals surface area contributed by atoms with E-state index in [1.54, 1.807) is 0 Å². The van der Waals surface area contributed by atoms with Crippen molar-refractivity contribution in [1.29, 1.82) is 0 Å². The Morgan fingerprint density at radius 1 is 1.41 bits per heavy atom. The van der Waals surface area contributed by atoms with Gasteiger partial charge in [-0.05, 0) is 19.8 Å². The predicted molar refractivity (Wildman–Crippen MR) is 62.4 cm³/mol. The van der Waals surface area contributed by atoms with Gasteiger partial charge >= 0.3 is 0 Å². The first-order valence-electron chi connectivity index (χ1n) is 5.59. The van der Waals surface area contributed by atoms with Crippen LogP contribution in [0.15, 0.2) is 0 Å². The van der Waals surface area contributed by atoms with Gasteiger partial charge in [0.05, 0.1) is 6.61 Å². The molecule has 17 heavy (non-hydrogen) atoms. The number of nitrogens with one attached hydrogen (secondary N) is 1. The van der Waals surface area contributed by atoms with Gasteiger partial charge in [-0.3, -0.25) is 0 Å². The summed E-state index contributed by atoms with van der Waals surface area (Å²) in [7, 11) is 0. The van der Waals surface area contributed by atoms with Gasteiger partial charge in [0.15, 0.2) is 0 Å². The minimum absolute atomic E-state index is 0.150. The molecule has 0 saturated heterocycles. The Hall–Kier alpha value is -1.47. The van der Waals surface area contributed by atoms with Gasteiger partial charge in [0.1, 0.15) is 11.4 Å². The third-order valence-electron chi connectivity index (χ3n) is 2.58. The molecule has 0 aromatic carbocycles. The Labute approximate surface area is 99.1 Å². The fraction of sp³-hybridized carbons (Fsp3) is 0.700. The third kappa shape index (κ3) is 3.24. The smallest absolute Gasteiger partial charge is 0.227 e. The van der Waals surface area contributed by atoms with Crippen LogP contribution < -0.4 is 11.1 Å². The molecular formula is C10H17N5O2. The molecule has 1 aliphatic rings. The highest BCUT2D eigenvalue weighted by Crippen LogP contribution is 2.38. The van der Waals surface area contributed by atoms with Gasteiger partial charge in [-0.15, -0.1) is 0 Å². The molecule has 7 nitrogen and oxygen atoms in total. The van der Waals surface area contributed by atoms with E-state index in [0.717, 1.165) is 12.8 Å². The molecule has 0 spiro atoms. The van der Waals surface area contributed by atoms with E-state index in [-0.39, 0.29) is 19.1 Å². The maximum atomic E-state index is 9.63. The number of nitrogens with two attached hydrogens (primary N) is 1. The molecule has 1 unspecified atom stereocenters. The highest BCUT2D eigenvalue weighted by atomic mass is 16.3. The molecule has 0 aliphatic heterocycles. The van der Waals surface area contributed by atoms with E-state index in [1.165, 1.54) is 6.92 Å². The number of nitrogens with zero attached hydrogens (tertiary/aromatic N) is 3. The van der Waals surface area contributed by atoms with Crippen molar-refractivity contribution in [3.8, 4) is 0 Å². The van der Waals surface area contributed by atoms with Crippen LogP contribution in [0.3, 0.4) is 0 Å². The first kappa shape index (κ1) is 12.0. The summed E-state index contributed by atoms with van der Waals surface area (Å²) in [5.41, 5.74) is 4.38. The van der Waals surface area contributed by atoms with Crippen LogP contribution in [0.2, 0.25) is 0 Å². The Balaban J connectivity index is 2.05. The molecule has 0 radical (unpaired) electrons. The quantitative estimate of drug-likeness (QED) is 0.546. The molecule has 1 aliphatic carbocycles. The first-order chi connectivity index (χ1) is 8.00. The van der Waals surface area contributed by atoms with Crippen molar-refractivity contribution in [3.05, 3.63) is 5.82 Å². The summed E-state index contributed by atoms with van der Waals surface area (Å²) in [6.45, 7) is 1.33. The summed E-state index contributed by atoms with van der Waals surface area (Å²) >= 11 is 0. The number of hydrogen-bond acceptors (Lipinski definition) is 7. The summed E-state index contributed by atoms with van der Waals surface area (Å²) in [6.07, 6.45) is 2.16. The Morgan fingerprint density at radius 2 is 2.12 bits per heavy atom. The van der Waals surface area contributed by atoms with Gasteiger partial charge in [0, 0.05) is 12.5 Å². The molecular weight excluding hydrogens is 222 g/mol. The number of aliphatic hydroxyl groups is 2. The van der Waals surface area contributed by atoms with Crippen LogP contribution in [0.5, 0.6) is 0 Å².